The second-order valence-corrected chi connectivity index (χ2v) is 8.10. The van der Waals surface area contributed by atoms with Gasteiger partial charge in [-0.1, -0.05) is 13.0 Å². The van der Waals surface area contributed by atoms with Crippen molar-refractivity contribution in [3.05, 3.63) is 53.4 Å². The lowest BCUT2D eigenvalue weighted by Gasteiger charge is -2.32. The number of carbonyl (C=O) groups is 1. The number of rotatable bonds is 6. The van der Waals surface area contributed by atoms with Gasteiger partial charge in [-0.2, -0.15) is 17.6 Å². The summed E-state index contributed by atoms with van der Waals surface area (Å²) in [6.07, 6.45) is -6.77. The summed E-state index contributed by atoms with van der Waals surface area (Å²) in [4.78, 5) is 17.0. The molecule has 0 spiro atoms. The monoisotopic (exact) mass is 490 g/mol. The molecule has 1 aliphatic rings. The first-order valence-corrected chi connectivity index (χ1v) is 10.2. The predicted molar refractivity (Wildman–Crippen MR) is 109 cm³/mol. The van der Waals surface area contributed by atoms with Gasteiger partial charge >= 0.3 is 6.18 Å². The Bertz CT molecular complexity index is 1070. The van der Waals surface area contributed by atoms with E-state index < -0.39 is 65.7 Å². The van der Waals surface area contributed by atoms with E-state index in [4.69, 9.17) is 14.6 Å². The number of ether oxygens (including phenoxy) is 2. The maximum atomic E-state index is 14.4. The van der Waals surface area contributed by atoms with Gasteiger partial charge in [-0.05, 0) is 25.1 Å². The molecule has 3 rings (SSSR count). The van der Waals surface area contributed by atoms with Gasteiger partial charge in [0.2, 0.25) is 5.82 Å². The van der Waals surface area contributed by atoms with Crippen molar-refractivity contribution < 1.29 is 46.4 Å². The van der Waals surface area contributed by atoms with Crippen molar-refractivity contribution in [3.63, 3.8) is 0 Å². The first-order chi connectivity index (χ1) is 15.9. The van der Waals surface area contributed by atoms with Crippen molar-refractivity contribution in [1.82, 2.24) is 4.98 Å². The fourth-order valence-corrected chi connectivity index (χ4v) is 4.06. The Balaban J connectivity index is 2.05. The summed E-state index contributed by atoms with van der Waals surface area (Å²) in [6, 6.07) is 4.35. The highest BCUT2D eigenvalue weighted by Gasteiger charge is 2.65. The molecule has 2 aromatic rings. The lowest BCUT2D eigenvalue weighted by Crippen LogP contribution is -2.47. The zero-order valence-corrected chi connectivity index (χ0v) is 18.4. The van der Waals surface area contributed by atoms with Crippen molar-refractivity contribution in [2.45, 2.75) is 43.8 Å². The molecular formula is C22H23F5N2O5. The van der Waals surface area contributed by atoms with Crippen molar-refractivity contribution in [3.8, 4) is 5.75 Å². The Morgan fingerprint density at radius 1 is 1.32 bits per heavy atom. The molecule has 7 nitrogen and oxygen atoms in total. The SMILES string of the molecule is COc1c([C@H]2[C@H](C(=O)Nc3ccnc([C@@H](O)CO)c3)O[C@@](C)(C(F)(F)F)[C@H]2C)ccc(F)c1F. The molecule has 0 radical (unpaired) electrons. The van der Waals surface area contributed by atoms with Crippen molar-refractivity contribution in [2.75, 3.05) is 19.0 Å². The van der Waals surface area contributed by atoms with E-state index in [9.17, 15) is 31.9 Å². The van der Waals surface area contributed by atoms with E-state index >= 15 is 0 Å². The number of aliphatic hydroxyl groups excluding tert-OH is 2. The number of hydrogen-bond donors (Lipinski definition) is 3. The van der Waals surface area contributed by atoms with Crippen LogP contribution in [0.3, 0.4) is 0 Å². The largest absolute Gasteiger partial charge is 0.493 e. The first-order valence-electron chi connectivity index (χ1n) is 10.2. The lowest BCUT2D eigenvalue weighted by molar-refractivity contribution is -0.272. The molecule has 0 unspecified atom stereocenters. The molecule has 186 valence electrons. The van der Waals surface area contributed by atoms with Gasteiger partial charge in [-0.25, -0.2) is 4.39 Å². The van der Waals surface area contributed by atoms with Gasteiger partial charge in [0.05, 0.1) is 19.4 Å². The summed E-state index contributed by atoms with van der Waals surface area (Å²) in [7, 11) is 1.03. The number of amides is 1. The summed E-state index contributed by atoms with van der Waals surface area (Å²) in [5.74, 6) is -7.04. The first kappa shape index (κ1) is 25.8. The molecule has 0 saturated carbocycles. The summed E-state index contributed by atoms with van der Waals surface area (Å²) >= 11 is 0. The fourth-order valence-electron chi connectivity index (χ4n) is 4.06. The van der Waals surface area contributed by atoms with Crippen LogP contribution in [0.15, 0.2) is 30.5 Å². The Morgan fingerprint density at radius 3 is 2.59 bits per heavy atom. The van der Waals surface area contributed by atoms with Gasteiger partial charge in [0.25, 0.3) is 5.91 Å². The molecule has 1 aromatic heterocycles. The minimum Gasteiger partial charge on any atom is -0.493 e. The number of benzene rings is 1. The molecule has 0 aliphatic carbocycles. The number of halogens is 5. The summed E-state index contributed by atoms with van der Waals surface area (Å²) < 4.78 is 80.3. The van der Waals surface area contributed by atoms with Gasteiger partial charge in [-0.3, -0.25) is 9.78 Å². The maximum absolute atomic E-state index is 14.4. The van der Waals surface area contributed by atoms with Gasteiger partial charge in [0, 0.05) is 29.3 Å². The Kier molecular flexibility index (Phi) is 7.15. The second kappa shape index (κ2) is 9.43. The van der Waals surface area contributed by atoms with Crippen LogP contribution in [-0.4, -0.2) is 52.7 Å². The zero-order chi connectivity index (χ0) is 25.4. The molecule has 1 saturated heterocycles. The molecule has 1 fully saturated rings. The van der Waals surface area contributed by atoms with Gasteiger partial charge in [0.1, 0.15) is 12.2 Å². The quantitative estimate of drug-likeness (QED) is 0.537. The Hall–Kier alpha value is -2.83. The van der Waals surface area contributed by atoms with Crippen LogP contribution in [0.4, 0.5) is 27.6 Å². The van der Waals surface area contributed by atoms with E-state index in [1.54, 1.807) is 0 Å². The topological polar surface area (TPSA) is 101 Å². The highest BCUT2D eigenvalue weighted by Crippen LogP contribution is 2.55. The number of anilines is 1. The Labute approximate surface area is 191 Å². The molecular weight excluding hydrogens is 467 g/mol. The number of pyridine rings is 1. The molecule has 12 heteroatoms. The smallest absolute Gasteiger partial charge is 0.417 e. The number of carbonyl (C=O) groups excluding carboxylic acids is 1. The average Bonchev–Trinajstić information content (AvgIpc) is 3.07. The third kappa shape index (κ3) is 4.44. The fraction of sp³-hybridized carbons (Fsp3) is 0.455. The minimum atomic E-state index is -4.89. The van der Waals surface area contributed by atoms with E-state index in [-0.39, 0.29) is 16.9 Å². The van der Waals surface area contributed by atoms with E-state index in [0.717, 1.165) is 26.2 Å². The molecule has 1 aliphatic heterocycles. The summed E-state index contributed by atoms with van der Waals surface area (Å²) in [6.45, 7) is 1.34. The number of nitrogens with zero attached hydrogens (tertiary/aromatic N) is 1. The number of hydrogen-bond acceptors (Lipinski definition) is 6. The average molecular weight is 490 g/mol. The Morgan fingerprint density at radius 2 is 2.00 bits per heavy atom. The molecule has 0 bridgehead atoms. The number of nitrogens with one attached hydrogen (secondary N) is 1. The summed E-state index contributed by atoms with van der Waals surface area (Å²) in [5, 5.41) is 21.2. The lowest BCUT2D eigenvalue weighted by atomic mass is 9.77. The van der Waals surface area contributed by atoms with Crippen LogP contribution in [0.25, 0.3) is 0 Å². The molecule has 1 amide bonds. The van der Waals surface area contributed by atoms with Crippen LogP contribution in [0.2, 0.25) is 0 Å². The third-order valence-corrected chi connectivity index (χ3v) is 6.13. The van der Waals surface area contributed by atoms with Gasteiger partial charge in [0.15, 0.2) is 17.2 Å². The van der Waals surface area contributed by atoms with Gasteiger partial charge < -0.3 is 25.0 Å². The van der Waals surface area contributed by atoms with Crippen LogP contribution in [0, 0.1) is 17.6 Å². The predicted octanol–water partition coefficient (Wildman–Crippen LogP) is 3.47. The van der Waals surface area contributed by atoms with Crippen molar-refractivity contribution >= 4 is 11.6 Å². The minimum absolute atomic E-state index is 0.0139. The highest BCUT2D eigenvalue weighted by atomic mass is 19.4. The highest BCUT2D eigenvalue weighted by molar-refractivity contribution is 5.95. The number of methoxy groups -OCH3 is 1. The molecule has 1 aromatic carbocycles. The molecule has 3 N–H and O–H groups in total. The van der Waals surface area contributed by atoms with E-state index in [1.165, 1.54) is 25.3 Å². The number of aromatic nitrogens is 1. The number of alkyl halides is 3. The van der Waals surface area contributed by atoms with Crippen molar-refractivity contribution in [1.29, 1.82) is 0 Å². The van der Waals surface area contributed by atoms with Crippen LogP contribution in [0.1, 0.15) is 37.1 Å². The zero-order valence-electron chi connectivity index (χ0n) is 18.4. The van der Waals surface area contributed by atoms with Crippen molar-refractivity contribution in [2.24, 2.45) is 5.92 Å². The molecule has 2 heterocycles. The maximum Gasteiger partial charge on any atom is 0.417 e. The second-order valence-electron chi connectivity index (χ2n) is 8.10. The van der Waals surface area contributed by atoms with E-state index in [2.05, 4.69) is 10.3 Å². The van der Waals surface area contributed by atoms with Crippen LogP contribution < -0.4 is 10.1 Å². The standard InChI is InChI=1S/C22H23F5N2O5/c1-10-16(12-4-5-13(23)17(24)18(12)33-3)19(34-21(10,2)22(25,26)27)20(32)29-11-6-7-28-14(8-11)15(31)9-30/h4-8,10,15-16,19,30-31H,9H2,1-3H3,(H,28,29,32)/t10-,15-,16-,19+,21+/m0/s1. The molecule has 34 heavy (non-hydrogen) atoms. The van der Waals surface area contributed by atoms with E-state index in [0.29, 0.717) is 0 Å². The third-order valence-electron chi connectivity index (χ3n) is 6.13. The normalized spacial score (nSPS) is 25.8. The van der Waals surface area contributed by atoms with E-state index in [1.807, 2.05) is 0 Å². The van der Waals surface area contributed by atoms with Crippen LogP contribution in [-0.2, 0) is 9.53 Å². The number of aliphatic hydroxyl groups is 2. The van der Waals surface area contributed by atoms with Gasteiger partial charge in [-0.15, -0.1) is 0 Å². The summed E-state index contributed by atoms with van der Waals surface area (Å²) in [5.41, 5.74) is -2.87. The molecule has 5 atom stereocenters. The van der Waals surface area contributed by atoms with Crippen LogP contribution >= 0.6 is 0 Å². The van der Waals surface area contributed by atoms with Crippen LogP contribution in [0.5, 0.6) is 5.75 Å².